The van der Waals surface area contributed by atoms with Crippen LogP contribution in [0.25, 0.3) is 0 Å². The number of ether oxygens (including phenoxy) is 7. The van der Waals surface area contributed by atoms with Crippen molar-refractivity contribution in [3.63, 3.8) is 0 Å². The van der Waals surface area contributed by atoms with Gasteiger partial charge < -0.3 is 38.3 Å². The first-order valence-electron chi connectivity index (χ1n) is 10.0. The van der Waals surface area contributed by atoms with Crippen LogP contribution >= 0.6 is 0 Å². The summed E-state index contributed by atoms with van der Waals surface area (Å²) in [5, 5.41) is 10.2. The van der Waals surface area contributed by atoms with E-state index in [0.717, 1.165) is 11.1 Å². The summed E-state index contributed by atoms with van der Waals surface area (Å²) < 4.78 is 39.5. The Balaban J connectivity index is 1.64. The third kappa shape index (κ3) is 3.59. The molecule has 0 saturated carbocycles. The predicted octanol–water partition coefficient (Wildman–Crippen LogP) is 3.51. The van der Waals surface area contributed by atoms with Gasteiger partial charge in [0.25, 0.3) is 0 Å². The third-order valence-electron chi connectivity index (χ3n) is 6.11. The van der Waals surface area contributed by atoms with Crippen molar-refractivity contribution < 1.29 is 38.3 Å². The molecule has 1 N–H and O–H groups in total. The summed E-state index contributed by atoms with van der Waals surface area (Å²) in [7, 11) is 7.79. The zero-order chi connectivity index (χ0) is 22.1. The van der Waals surface area contributed by atoms with Gasteiger partial charge in [-0.15, -0.1) is 0 Å². The van der Waals surface area contributed by atoms with Gasteiger partial charge in [-0.3, -0.25) is 0 Å². The average molecular weight is 432 g/mol. The summed E-state index contributed by atoms with van der Waals surface area (Å²) >= 11 is 0. The van der Waals surface area contributed by atoms with Crippen LogP contribution in [0.3, 0.4) is 0 Å². The first-order valence-corrected chi connectivity index (χ1v) is 10.0. The molecule has 2 aliphatic heterocycles. The minimum atomic E-state index is -0.194. The summed E-state index contributed by atoms with van der Waals surface area (Å²) in [6.07, 6.45) is -0.356. The Morgan fingerprint density at radius 1 is 0.645 bits per heavy atom. The molecule has 0 aromatic heterocycles. The Morgan fingerprint density at radius 3 is 1.39 bits per heavy atom. The smallest absolute Gasteiger partial charge is 0.203 e. The zero-order valence-electron chi connectivity index (χ0n) is 18.3. The maximum atomic E-state index is 10.2. The van der Waals surface area contributed by atoms with Gasteiger partial charge in [-0.1, -0.05) is 0 Å². The van der Waals surface area contributed by atoms with Crippen LogP contribution in [0, 0.1) is 11.8 Å². The molecule has 2 aromatic rings. The molecule has 4 atom stereocenters. The normalized spacial score (nSPS) is 24.5. The maximum absolute atomic E-state index is 10.2. The number of hydrogen-bond donors (Lipinski definition) is 1. The van der Waals surface area contributed by atoms with Crippen molar-refractivity contribution in [3.8, 4) is 34.5 Å². The molecule has 2 heterocycles. The van der Waals surface area contributed by atoms with Gasteiger partial charge in [0.15, 0.2) is 23.0 Å². The molecule has 31 heavy (non-hydrogen) atoms. The highest BCUT2D eigenvalue weighted by molar-refractivity contribution is 5.55. The number of aromatic hydroxyl groups is 1. The van der Waals surface area contributed by atoms with E-state index in [1.54, 1.807) is 33.5 Å². The lowest BCUT2D eigenvalue weighted by Gasteiger charge is -2.20. The van der Waals surface area contributed by atoms with Crippen molar-refractivity contribution in [1.29, 1.82) is 0 Å². The van der Waals surface area contributed by atoms with Crippen LogP contribution in [0.2, 0.25) is 0 Å². The highest BCUT2D eigenvalue weighted by Crippen LogP contribution is 2.53. The molecule has 168 valence electrons. The molecule has 0 aliphatic carbocycles. The van der Waals surface area contributed by atoms with Crippen molar-refractivity contribution >= 4 is 0 Å². The van der Waals surface area contributed by atoms with Crippen LogP contribution in [-0.2, 0) is 9.47 Å². The van der Waals surface area contributed by atoms with E-state index >= 15 is 0 Å². The summed E-state index contributed by atoms with van der Waals surface area (Å²) in [6.45, 7) is 1.09. The molecule has 2 fully saturated rings. The highest BCUT2D eigenvalue weighted by atomic mass is 16.5. The first-order chi connectivity index (χ1) is 15.1. The van der Waals surface area contributed by atoms with E-state index in [9.17, 15) is 5.11 Å². The van der Waals surface area contributed by atoms with Gasteiger partial charge >= 0.3 is 0 Å². The second-order valence-corrected chi connectivity index (χ2v) is 7.57. The number of fused-ring (bicyclic) bond motifs is 1. The van der Waals surface area contributed by atoms with Gasteiger partial charge in [0.1, 0.15) is 0 Å². The van der Waals surface area contributed by atoms with E-state index in [-0.39, 0.29) is 29.8 Å². The predicted molar refractivity (Wildman–Crippen MR) is 112 cm³/mol. The molecule has 4 rings (SSSR count). The van der Waals surface area contributed by atoms with Gasteiger partial charge in [-0.25, -0.2) is 0 Å². The number of rotatable bonds is 7. The topological polar surface area (TPSA) is 84.8 Å². The number of hydrogen-bond acceptors (Lipinski definition) is 8. The fourth-order valence-electron chi connectivity index (χ4n) is 4.58. The van der Waals surface area contributed by atoms with Gasteiger partial charge in [-0.05, 0) is 35.4 Å². The van der Waals surface area contributed by atoms with Crippen LogP contribution in [0.4, 0.5) is 0 Å². The van der Waals surface area contributed by atoms with Gasteiger partial charge in [-0.2, -0.15) is 0 Å². The molecule has 0 bridgehead atoms. The standard InChI is InChI=1S/C23H28O8/c1-25-16-6-12(7-17(26-2)20(16)24)21-14-10-31-22(15(14)11-30-21)13-8-18(27-3)23(29-5)19(9-13)28-4/h6-9,14-15,21-22,24H,10-11H2,1-5H3/t14-,15-,21+,22+/m1/s1. The van der Waals surface area contributed by atoms with Crippen molar-refractivity contribution in [2.24, 2.45) is 11.8 Å². The minimum Gasteiger partial charge on any atom is -0.502 e. The van der Waals surface area contributed by atoms with Gasteiger partial charge in [0, 0.05) is 11.8 Å². The summed E-state index contributed by atoms with van der Waals surface area (Å²) in [5.41, 5.74) is 1.83. The van der Waals surface area contributed by atoms with Crippen LogP contribution in [0.5, 0.6) is 34.5 Å². The largest absolute Gasteiger partial charge is 0.502 e. The fraction of sp³-hybridized carbons (Fsp3) is 0.478. The molecule has 0 amide bonds. The molecule has 8 heteroatoms. The fourth-order valence-corrected chi connectivity index (χ4v) is 4.58. The van der Waals surface area contributed by atoms with Crippen LogP contribution in [-0.4, -0.2) is 53.9 Å². The summed E-state index contributed by atoms with van der Waals surface area (Å²) in [5.74, 6) is 2.69. The van der Waals surface area contributed by atoms with Crippen LogP contribution < -0.4 is 23.7 Å². The Kier molecular flexibility index (Phi) is 6.02. The van der Waals surface area contributed by atoms with Crippen molar-refractivity contribution in [2.75, 3.05) is 48.8 Å². The van der Waals surface area contributed by atoms with E-state index in [1.807, 2.05) is 12.1 Å². The second-order valence-electron chi connectivity index (χ2n) is 7.57. The molecular formula is C23H28O8. The SMILES string of the molecule is COc1cc([C@@H]2OC[C@@H]3[C@H]2CO[C@H]3c2cc(OC)c(OC)c(OC)c2)cc(OC)c1O. The van der Waals surface area contributed by atoms with Crippen molar-refractivity contribution in [3.05, 3.63) is 35.4 Å². The van der Waals surface area contributed by atoms with E-state index in [2.05, 4.69) is 0 Å². The molecule has 0 unspecified atom stereocenters. The third-order valence-corrected chi connectivity index (χ3v) is 6.11. The molecule has 2 aromatic carbocycles. The van der Waals surface area contributed by atoms with Crippen molar-refractivity contribution in [2.45, 2.75) is 12.2 Å². The number of phenolic OH excluding ortho intramolecular Hbond substituents is 1. The zero-order valence-corrected chi connectivity index (χ0v) is 18.3. The first kappa shape index (κ1) is 21.4. The lowest BCUT2D eigenvalue weighted by molar-refractivity contribution is 0.0190. The molecule has 2 aliphatic rings. The minimum absolute atomic E-state index is 0.0266. The Labute approximate surface area is 181 Å². The second kappa shape index (κ2) is 8.72. The maximum Gasteiger partial charge on any atom is 0.203 e. The number of benzene rings is 2. The van der Waals surface area contributed by atoms with E-state index < -0.39 is 0 Å². The molecule has 0 spiro atoms. The quantitative estimate of drug-likeness (QED) is 0.712. The number of methoxy groups -OCH3 is 5. The van der Waals surface area contributed by atoms with E-state index in [4.69, 9.17) is 33.2 Å². The van der Waals surface area contributed by atoms with Gasteiger partial charge in [0.2, 0.25) is 11.5 Å². The lowest BCUT2D eigenvalue weighted by Crippen LogP contribution is -2.15. The number of phenols is 1. The highest BCUT2D eigenvalue weighted by Gasteiger charge is 2.48. The summed E-state index contributed by atoms with van der Waals surface area (Å²) in [6, 6.07) is 7.43. The Hall–Kier alpha value is -2.84. The average Bonchev–Trinajstić information content (AvgIpc) is 3.40. The molecule has 2 saturated heterocycles. The van der Waals surface area contributed by atoms with Crippen LogP contribution in [0.15, 0.2) is 24.3 Å². The monoisotopic (exact) mass is 432 g/mol. The van der Waals surface area contributed by atoms with Crippen LogP contribution in [0.1, 0.15) is 23.3 Å². The Morgan fingerprint density at radius 2 is 1.03 bits per heavy atom. The van der Waals surface area contributed by atoms with E-state index in [0.29, 0.717) is 42.0 Å². The van der Waals surface area contributed by atoms with E-state index in [1.165, 1.54) is 14.2 Å². The van der Waals surface area contributed by atoms with Crippen molar-refractivity contribution in [1.82, 2.24) is 0 Å². The molecular weight excluding hydrogens is 404 g/mol. The lowest BCUT2D eigenvalue weighted by atomic mass is 9.84. The summed E-state index contributed by atoms with van der Waals surface area (Å²) in [4.78, 5) is 0. The molecule has 8 nitrogen and oxygen atoms in total. The molecule has 0 radical (unpaired) electrons. The Bertz CT molecular complexity index is 893. The van der Waals surface area contributed by atoms with Gasteiger partial charge in [0.05, 0.1) is 61.0 Å².